The molecule has 0 amide bonds. The quantitative estimate of drug-likeness (QED) is 0.394. The summed E-state index contributed by atoms with van der Waals surface area (Å²) in [4.78, 5) is 23.4. The molecule has 4 rings (SSSR count). The summed E-state index contributed by atoms with van der Waals surface area (Å²) in [5.41, 5.74) is 0.940. The minimum atomic E-state index is -4.61. The van der Waals surface area contributed by atoms with E-state index in [2.05, 4.69) is 0 Å². The fraction of sp³-hybridized carbons (Fsp3) is 0.0476. The van der Waals surface area contributed by atoms with Crippen molar-refractivity contribution in [3.63, 3.8) is 0 Å². The van der Waals surface area contributed by atoms with E-state index in [1.807, 2.05) is 0 Å². The van der Waals surface area contributed by atoms with E-state index in [0.29, 0.717) is 40.5 Å². The third-order valence-corrected chi connectivity index (χ3v) is 5.71. The number of hydrogen-bond acceptors (Lipinski definition) is 4. The Kier molecular flexibility index (Phi) is 6.04. The molecule has 0 heterocycles. The van der Waals surface area contributed by atoms with Gasteiger partial charge in [-0.05, 0) is 18.2 Å². The molecule has 3 aromatic carbocycles. The topological polar surface area (TPSA) is 88.5 Å². The van der Waals surface area contributed by atoms with E-state index < -0.39 is 31.8 Å². The molecule has 0 spiro atoms. The summed E-state index contributed by atoms with van der Waals surface area (Å²) in [6.45, 7) is 0. The number of ketones is 2. The number of rotatable bonds is 1. The molecule has 5 nitrogen and oxygen atoms in total. The van der Waals surface area contributed by atoms with Gasteiger partial charge in [-0.15, -0.1) is 0 Å². The average molecular weight is 469 g/mol. The predicted molar refractivity (Wildman–Crippen MR) is 106 cm³/mol. The maximum atomic E-state index is 12.1. The monoisotopic (exact) mass is 468 g/mol. The Bertz CT molecular complexity index is 1190. The van der Waals surface area contributed by atoms with E-state index in [1.165, 1.54) is 0 Å². The van der Waals surface area contributed by atoms with Crippen molar-refractivity contribution in [2.75, 3.05) is 0 Å². The molecule has 0 atom stereocenters. The maximum absolute atomic E-state index is 12.1. The highest BCUT2D eigenvalue weighted by Crippen LogP contribution is 2.33. The van der Waals surface area contributed by atoms with E-state index in [1.54, 1.807) is 48.5 Å². The average Bonchev–Trinajstić information content (AvgIpc) is 2.71. The van der Waals surface area contributed by atoms with Crippen molar-refractivity contribution in [3.05, 3.63) is 99.6 Å². The van der Waals surface area contributed by atoms with Crippen molar-refractivity contribution >= 4 is 33.3 Å². The van der Waals surface area contributed by atoms with E-state index in [0.717, 1.165) is 0 Å². The van der Waals surface area contributed by atoms with Gasteiger partial charge in [-0.1, -0.05) is 60.1 Å². The molecule has 0 aromatic heterocycles. The molecule has 1 N–H and O–H groups in total. The Labute approximate surface area is 179 Å². The van der Waals surface area contributed by atoms with Crippen LogP contribution in [0.1, 0.15) is 37.4 Å². The highest BCUT2D eigenvalue weighted by molar-refractivity contribution is 7.86. The summed E-state index contributed by atoms with van der Waals surface area (Å²) in [7, 11) is -4.60. The Balaban J connectivity index is 0.000000176. The van der Waals surface area contributed by atoms with Gasteiger partial charge in [-0.3, -0.25) is 14.1 Å². The van der Waals surface area contributed by atoms with Crippen LogP contribution in [0, 0.1) is 0 Å². The first-order valence-corrected chi connectivity index (χ1v) is 10.3. The van der Waals surface area contributed by atoms with Crippen molar-refractivity contribution < 1.29 is 35.7 Å². The van der Waals surface area contributed by atoms with Crippen LogP contribution in [-0.2, 0) is 16.3 Å². The smallest absolute Gasteiger partial charge is 0.289 e. The molecule has 0 saturated carbocycles. The SMILES string of the molecule is O=C1c2ccccc2C(=O)c2ccccc21.O=S(=O)(O)c1ccc(C(F)(F)F)cc1Cl. The fourth-order valence-corrected chi connectivity index (χ4v) is 3.95. The van der Waals surface area contributed by atoms with Crippen LogP contribution in [0.5, 0.6) is 0 Å². The summed E-state index contributed by atoms with van der Waals surface area (Å²) in [5.74, 6) is -0.128. The van der Waals surface area contributed by atoms with Gasteiger partial charge < -0.3 is 0 Å². The second-order valence-electron chi connectivity index (χ2n) is 6.37. The second kappa shape index (κ2) is 8.26. The molecule has 0 bridgehead atoms. The fourth-order valence-electron chi connectivity index (χ4n) is 2.93. The summed E-state index contributed by atoms with van der Waals surface area (Å²) in [6.07, 6.45) is -4.61. The van der Waals surface area contributed by atoms with Crippen LogP contribution < -0.4 is 0 Å². The zero-order chi connectivity index (χ0) is 23.0. The van der Waals surface area contributed by atoms with Crippen LogP contribution in [-0.4, -0.2) is 24.5 Å². The van der Waals surface area contributed by atoms with Gasteiger partial charge in [0, 0.05) is 22.3 Å². The molecule has 0 aliphatic heterocycles. The van der Waals surface area contributed by atoms with Gasteiger partial charge in [0.25, 0.3) is 10.1 Å². The van der Waals surface area contributed by atoms with Gasteiger partial charge in [-0.25, -0.2) is 0 Å². The summed E-state index contributed by atoms with van der Waals surface area (Å²) >= 11 is 5.28. The molecule has 0 unspecified atom stereocenters. The van der Waals surface area contributed by atoms with Gasteiger partial charge >= 0.3 is 6.18 Å². The molecule has 0 saturated heterocycles. The predicted octanol–water partition coefficient (Wildman–Crippen LogP) is 5.07. The van der Waals surface area contributed by atoms with E-state index in [4.69, 9.17) is 16.2 Å². The van der Waals surface area contributed by atoms with Gasteiger partial charge in [0.05, 0.1) is 10.6 Å². The van der Waals surface area contributed by atoms with Gasteiger partial charge in [0.15, 0.2) is 11.6 Å². The Morgan fingerprint density at radius 1 is 0.742 bits per heavy atom. The molecular formula is C21H12ClF3O5S. The van der Waals surface area contributed by atoms with Crippen molar-refractivity contribution in [2.45, 2.75) is 11.1 Å². The highest BCUT2D eigenvalue weighted by Gasteiger charge is 2.32. The second-order valence-corrected chi connectivity index (χ2v) is 8.16. The standard InChI is InChI=1S/C14H8O2.C7H4ClF3O3S/c15-13-9-5-1-2-6-10(9)14(16)12-8-4-3-7-11(12)13;8-5-3-4(7(9,10)11)1-2-6(5)15(12,13)14/h1-8H;1-3H,(H,12,13,14). The van der Waals surface area contributed by atoms with E-state index >= 15 is 0 Å². The van der Waals surface area contributed by atoms with E-state index in [9.17, 15) is 31.2 Å². The van der Waals surface area contributed by atoms with E-state index in [-0.39, 0.29) is 11.6 Å². The molecule has 160 valence electrons. The molecule has 10 heteroatoms. The van der Waals surface area contributed by atoms with Crippen molar-refractivity contribution in [2.24, 2.45) is 0 Å². The number of fused-ring (bicyclic) bond motifs is 2. The first-order chi connectivity index (χ1) is 14.4. The molecule has 3 aromatic rings. The summed E-state index contributed by atoms with van der Waals surface area (Å²) in [5, 5.41) is -0.674. The lowest BCUT2D eigenvalue weighted by atomic mass is 9.84. The molecule has 0 fully saturated rings. The summed E-state index contributed by atoms with van der Waals surface area (Å²) in [6, 6.07) is 15.5. The van der Waals surface area contributed by atoms with Crippen LogP contribution in [0.3, 0.4) is 0 Å². The van der Waals surface area contributed by atoms with Gasteiger partial charge in [0.2, 0.25) is 0 Å². The van der Waals surface area contributed by atoms with Crippen LogP contribution in [0.2, 0.25) is 5.02 Å². The highest BCUT2D eigenvalue weighted by atomic mass is 35.5. The first-order valence-electron chi connectivity index (χ1n) is 8.53. The molecule has 0 radical (unpaired) electrons. The molecular weight excluding hydrogens is 457 g/mol. The lowest BCUT2D eigenvalue weighted by Crippen LogP contribution is -2.20. The number of halogens is 4. The van der Waals surface area contributed by atoms with Crippen molar-refractivity contribution in [3.8, 4) is 0 Å². The zero-order valence-corrected chi connectivity index (χ0v) is 16.9. The lowest BCUT2D eigenvalue weighted by molar-refractivity contribution is -0.137. The third-order valence-electron chi connectivity index (χ3n) is 4.37. The van der Waals surface area contributed by atoms with Gasteiger partial charge in [-0.2, -0.15) is 21.6 Å². The van der Waals surface area contributed by atoms with Crippen LogP contribution >= 0.6 is 11.6 Å². The Morgan fingerprint density at radius 2 is 1.13 bits per heavy atom. The molecule has 1 aliphatic rings. The molecule has 1 aliphatic carbocycles. The number of carbonyl (C=O) groups is 2. The lowest BCUT2D eigenvalue weighted by Gasteiger charge is -2.16. The summed E-state index contributed by atoms with van der Waals surface area (Å²) < 4.78 is 66.2. The number of hydrogen-bond donors (Lipinski definition) is 1. The van der Waals surface area contributed by atoms with Crippen molar-refractivity contribution in [1.29, 1.82) is 0 Å². The normalized spacial score (nSPS) is 13.1. The minimum Gasteiger partial charge on any atom is -0.289 e. The van der Waals surface area contributed by atoms with Crippen LogP contribution in [0.4, 0.5) is 13.2 Å². The third kappa shape index (κ3) is 4.68. The Morgan fingerprint density at radius 3 is 1.42 bits per heavy atom. The minimum absolute atomic E-state index is 0.0641. The number of benzene rings is 3. The largest absolute Gasteiger partial charge is 0.416 e. The Hall–Kier alpha value is -3.01. The van der Waals surface area contributed by atoms with Crippen LogP contribution in [0.25, 0.3) is 0 Å². The maximum Gasteiger partial charge on any atom is 0.416 e. The van der Waals surface area contributed by atoms with Crippen molar-refractivity contribution in [1.82, 2.24) is 0 Å². The molecule has 31 heavy (non-hydrogen) atoms. The number of alkyl halides is 3. The van der Waals surface area contributed by atoms with Gasteiger partial charge in [0.1, 0.15) is 4.90 Å². The van der Waals surface area contributed by atoms with Crippen LogP contribution in [0.15, 0.2) is 71.6 Å². The number of carbonyl (C=O) groups excluding carboxylic acids is 2. The zero-order valence-electron chi connectivity index (χ0n) is 15.4. The first kappa shape index (κ1) is 22.7.